The number of carbonyl (C=O) groups excluding carboxylic acids is 1. The molecule has 0 bridgehead atoms. The van der Waals surface area contributed by atoms with Crippen molar-refractivity contribution in [3.63, 3.8) is 0 Å². The zero-order valence-electron chi connectivity index (χ0n) is 15.4. The molecule has 1 amide bonds. The molecule has 1 N–H and O–H groups in total. The molecule has 12 heteroatoms. The summed E-state index contributed by atoms with van der Waals surface area (Å²) in [5.74, 6) is 0.883. The number of tetrazole rings is 1. The van der Waals surface area contributed by atoms with Crippen LogP contribution in [0.3, 0.4) is 0 Å². The van der Waals surface area contributed by atoms with Gasteiger partial charge in [0.05, 0.1) is 22.0 Å². The van der Waals surface area contributed by atoms with Gasteiger partial charge in [-0.15, -0.1) is 15.3 Å². The summed E-state index contributed by atoms with van der Waals surface area (Å²) in [4.78, 5) is 11.3. The number of rotatable bonds is 6. The predicted molar refractivity (Wildman–Crippen MR) is 113 cm³/mol. The quantitative estimate of drug-likeness (QED) is 0.423. The van der Waals surface area contributed by atoms with E-state index in [9.17, 15) is 4.79 Å². The van der Waals surface area contributed by atoms with Gasteiger partial charge in [0.15, 0.2) is 0 Å². The topological polar surface area (TPSA) is 112 Å². The van der Waals surface area contributed by atoms with E-state index in [0.29, 0.717) is 49.7 Å². The minimum absolute atomic E-state index is 0.161. The Morgan fingerprint density at radius 2 is 2.03 bits per heavy atom. The molecule has 0 aliphatic heterocycles. The lowest BCUT2D eigenvalue weighted by molar-refractivity contribution is -0.114. The summed E-state index contributed by atoms with van der Waals surface area (Å²) in [5.41, 5.74) is 1.95. The second-order valence-corrected chi connectivity index (χ2v) is 7.80. The van der Waals surface area contributed by atoms with E-state index in [1.54, 1.807) is 41.1 Å². The van der Waals surface area contributed by atoms with Crippen LogP contribution in [0.25, 0.3) is 17.1 Å². The summed E-state index contributed by atoms with van der Waals surface area (Å²) in [6.07, 6.45) is 0. The zero-order valence-corrected chi connectivity index (χ0v) is 17.7. The van der Waals surface area contributed by atoms with Crippen LogP contribution in [0.15, 0.2) is 52.0 Å². The lowest BCUT2D eigenvalue weighted by Gasteiger charge is -2.06. The van der Waals surface area contributed by atoms with Crippen LogP contribution < -0.4 is 5.32 Å². The number of hydrogen-bond donors (Lipinski definition) is 1. The molecule has 2 aromatic carbocycles. The van der Waals surface area contributed by atoms with Gasteiger partial charge in [-0.25, -0.2) is 0 Å². The Kier molecular flexibility index (Phi) is 5.98. The molecule has 4 rings (SSSR count). The molecule has 0 saturated heterocycles. The molecular formula is C18H13Cl2N7O2S. The van der Waals surface area contributed by atoms with E-state index >= 15 is 0 Å². The summed E-state index contributed by atoms with van der Waals surface area (Å²) in [6.45, 7) is 1.45. The average Bonchev–Trinajstić information content (AvgIpc) is 3.35. The highest BCUT2D eigenvalue weighted by Gasteiger charge is 2.15. The van der Waals surface area contributed by atoms with Gasteiger partial charge in [-0.3, -0.25) is 4.79 Å². The van der Waals surface area contributed by atoms with E-state index in [0.717, 1.165) is 0 Å². The highest BCUT2D eigenvalue weighted by atomic mass is 35.5. The molecule has 0 unspecified atom stereocenters. The fourth-order valence-electron chi connectivity index (χ4n) is 2.56. The molecule has 0 spiro atoms. The van der Waals surface area contributed by atoms with E-state index in [4.69, 9.17) is 27.6 Å². The lowest BCUT2D eigenvalue weighted by atomic mass is 10.2. The van der Waals surface area contributed by atoms with Crippen molar-refractivity contribution >= 4 is 46.6 Å². The monoisotopic (exact) mass is 461 g/mol. The number of carbonyl (C=O) groups is 1. The van der Waals surface area contributed by atoms with E-state index in [-0.39, 0.29) is 5.91 Å². The van der Waals surface area contributed by atoms with Crippen molar-refractivity contribution in [3.05, 3.63) is 58.4 Å². The van der Waals surface area contributed by atoms with Crippen molar-refractivity contribution in [3.8, 4) is 17.1 Å². The number of anilines is 1. The van der Waals surface area contributed by atoms with Crippen LogP contribution in [0.2, 0.25) is 10.0 Å². The minimum Gasteiger partial charge on any atom is -0.420 e. The summed E-state index contributed by atoms with van der Waals surface area (Å²) in [7, 11) is 0. The number of nitrogens with zero attached hydrogens (tertiary/aromatic N) is 6. The van der Waals surface area contributed by atoms with E-state index in [1.807, 2.05) is 6.07 Å². The minimum atomic E-state index is -0.161. The molecule has 0 atom stereocenters. The van der Waals surface area contributed by atoms with Crippen molar-refractivity contribution in [2.75, 3.05) is 5.32 Å². The van der Waals surface area contributed by atoms with Crippen LogP contribution in [0.4, 0.5) is 5.69 Å². The molecule has 152 valence electrons. The Labute approximate surface area is 184 Å². The van der Waals surface area contributed by atoms with Crippen LogP contribution in [-0.4, -0.2) is 36.3 Å². The Morgan fingerprint density at radius 1 is 1.17 bits per heavy atom. The molecule has 4 aromatic rings. The number of halogens is 2. The van der Waals surface area contributed by atoms with Crippen LogP contribution in [0.5, 0.6) is 0 Å². The van der Waals surface area contributed by atoms with Gasteiger partial charge in [-0.2, -0.15) is 4.68 Å². The third-order valence-corrected chi connectivity index (χ3v) is 5.26. The van der Waals surface area contributed by atoms with Crippen molar-refractivity contribution in [1.82, 2.24) is 30.4 Å². The molecular weight excluding hydrogens is 449 g/mol. The summed E-state index contributed by atoms with van der Waals surface area (Å²) in [6, 6.07) is 12.2. The van der Waals surface area contributed by atoms with Gasteiger partial charge in [-0.1, -0.05) is 41.0 Å². The van der Waals surface area contributed by atoms with Gasteiger partial charge in [0.1, 0.15) is 0 Å². The highest BCUT2D eigenvalue weighted by molar-refractivity contribution is 7.98. The van der Waals surface area contributed by atoms with Gasteiger partial charge < -0.3 is 9.73 Å². The Hall–Kier alpha value is -2.95. The number of nitrogens with one attached hydrogen (secondary N) is 1. The fourth-order valence-corrected chi connectivity index (χ4v) is 3.78. The van der Waals surface area contributed by atoms with Crippen LogP contribution >= 0.6 is 35.0 Å². The molecule has 9 nitrogen and oxygen atoms in total. The van der Waals surface area contributed by atoms with E-state index in [1.165, 1.54) is 18.7 Å². The van der Waals surface area contributed by atoms with Gasteiger partial charge in [0, 0.05) is 17.6 Å². The summed E-state index contributed by atoms with van der Waals surface area (Å²) in [5, 5.41) is 24.1. The smallest absolute Gasteiger partial charge is 0.249 e. The molecule has 0 aliphatic rings. The van der Waals surface area contributed by atoms with Crippen LogP contribution in [0, 0.1) is 0 Å². The number of benzene rings is 2. The van der Waals surface area contributed by atoms with Gasteiger partial charge >= 0.3 is 0 Å². The standard InChI is InChI=1S/C18H13Cl2N7O2S/c1-10(28)21-12-3-2-4-13(8-12)27-18(24-25-26-27)30-9-16-22-23-17(29-16)14-6-5-11(19)7-15(14)20/h2-8H,9H2,1H3,(H,21,28). The maximum atomic E-state index is 11.3. The third kappa shape index (κ3) is 4.61. The average molecular weight is 462 g/mol. The fraction of sp³-hybridized carbons (Fsp3) is 0.111. The molecule has 0 fully saturated rings. The normalized spacial score (nSPS) is 10.9. The number of amides is 1. The van der Waals surface area contributed by atoms with Crippen molar-refractivity contribution in [2.45, 2.75) is 17.8 Å². The Morgan fingerprint density at radius 3 is 2.83 bits per heavy atom. The van der Waals surface area contributed by atoms with Crippen LogP contribution in [0.1, 0.15) is 12.8 Å². The first-order chi connectivity index (χ1) is 14.5. The SMILES string of the molecule is CC(=O)Nc1cccc(-n2nnnc2SCc2nnc(-c3ccc(Cl)cc3Cl)o2)c1. The largest absolute Gasteiger partial charge is 0.420 e. The lowest BCUT2D eigenvalue weighted by Crippen LogP contribution is -2.07. The molecule has 0 radical (unpaired) electrons. The predicted octanol–water partition coefficient (Wildman–Crippen LogP) is 4.27. The highest BCUT2D eigenvalue weighted by Crippen LogP contribution is 2.30. The molecule has 2 heterocycles. The summed E-state index contributed by atoms with van der Waals surface area (Å²) >= 11 is 13.4. The Bertz CT molecular complexity index is 1210. The van der Waals surface area contributed by atoms with E-state index < -0.39 is 0 Å². The molecule has 2 aromatic heterocycles. The maximum Gasteiger partial charge on any atom is 0.249 e. The summed E-state index contributed by atoms with van der Waals surface area (Å²) < 4.78 is 7.26. The number of hydrogen-bond acceptors (Lipinski definition) is 8. The van der Waals surface area contributed by atoms with Gasteiger partial charge in [0.25, 0.3) is 0 Å². The molecule has 0 aliphatic carbocycles. The van der Waals surface area contributed by atoms with Crippen LogP contribution in [-0.2, 0) is 10.5 Å². The first-order valence-corrected chi connectivity index (χ1v) is 10.3. The maximum absolute atomic E-state index is 11.3. The second-order valence-electron chi connectivity index (χ2n) is 6.02. The van der Waals surface area contributed by atoms with Crippen molar-refractivity contribution < 1.29 is 9.21 Å². The number of thioether (sulfide) groups is 1. The van der Waals surface area contributed by atoms with Gasteiger partial charge in [-0.05, 0) is 46.8 Å². The number of aromatic nitrogens is 6. The second kappa shape index (κ2) is 8.82. The molecule has 30 heavy (non-hydrogen) atoms. The molecule has 0 saturated carbocycles. The zero-order chi connectivity index (χ0) is 21.1. The first-order valence-electron chi connectivity index (χ1n) is 8.56. The van der Waals surface area contributed by atoms with Gasteiger partial charge in [0.2, 0.25) is 22.8 Å². The Balaban J connectivity index is 1.49. The first kappa shape index (κ1) is 20.3. The third-order valence-electron chi connectivity index (χ3n) is 3.81. The van der Waals surface area contributed by atoms with Crippen molar-refractivity contribution in [1.29, 1.82) is 0 Å². The van der Waals surface area contributed by atoms with Crippen molar-refractivity contribution in [2.24, 2.45) is 0 Å². The van der Waals surface area contributed by atoms with E-state index in [2.05, 4.69) is 31.0 Å².